The molecule has 0 aliphatic rings. The van der Waals surface area contributed by atoms with Gasteiger partial charge in [-0.15, -0.1) is 0 Å². The largest absolute Gasteiger partial charge is 0.394 e. The number of aliphatic hydroxyl groups excluding tert-OH is 1. The number of nitrogens with one attached hydrogen (secondary N) is 1. The third kappa shape index (κ3) is 3.37. The summed E-state index contributed by atoms with van der Waals surface area (Å²) < 4.78 is 27.3. The van der Waals surface area contributed by atoms with Crippen LogP contribution < -0.4 is 4.72 Å². The van der Waals surface area contributed by atoms with Gasteiger partial charge in [0.1, 0.15) is 0 Å². The summed E-state index contributed by atoms with van der Waals surface area (Å²) in [5, 5.41) is 18.3. The molecular formula is C14H20N2O3S. The predicted molar refractivity (Wildman–Crippen MR) is 76.6 cm³/mol. The Morgan fingerprint density at radius 3 is 2.35 bits per heavy atom. The van der Waals surface area contributed by atoms with Gasteiger partial charge in [0.2, 0.25) is 10.0 Å². The maximum atomic E-state index is 12.4. The van der Waals surface area contributed by atoms with Gasteiger partial charge in [-0.3, -0.25) is 0 Å². The molecule has 0 fully saturated rings. The van der Waals surface area contributed by atoms with E-state index in [1.807, 2.05) is 19.9 Å². The van der Waals surface area contributed by atoms with Crippen molar-refractivity contribution in [1.29, 1.82) is 5.26 Å². The van der Waals surface area contributed by atoms with Crippen molar-refractivity contribution in [2.24, 2.45) is 0 Å². The van der Waals surface area contributed by atoms with Gasteiger partial charge in [-0.2, -0.15) is 5.26 Å². The SMILES string of the molecule is CCC(CC)(CO)NS(=O)(=O)c1ccc(C#N)c(C)c1. The number of aryl methyl sites for hydroxylation is 1. The van der Waals surface area contributed by atoms with Gasteiger partial charge in [-0.05, 0) is 43.5 Å². The molecule has 0 aliphatic carbocycles. The molecule has 0 saturated heterocycles. The van der Waals surface area contributed by atoms with E-state index >= 15 is 0 Å². The van der Waals surface area contributed by atoms with Crippen LogP contribution >= 0.6 is 0 Å². The summed E-state index contributed by atoms with van der Waals surface area (Å²) in [5.41, 5.74) is 0.210. The molecule has 20 heavy (non-hydrogen) atoms. The first-order chi connectivity index (χ1) is 9.34. The molecule has 0 aliphatic heterocycles. The molecule has 1 aromatic rings. The number of nitriles is 1. The summed E-state index contributed by atoms with van der Waals surface area (Å²) in [4.78, 5) is 0.105. The highest BCUT2D eigenvalue weighted by molar-refractivity contribution is 7.89. The minimum absolute atomic E-state index is 0.105. The van der Waals surface area contributed by atoms with Gasteiger partial charge in [0.05, 0.1) is 28.7 Å². The van der Waals surface area contributed by atoms with Gasteiger partial charge >= 0.3 is 0 Å². The van der Waals surface area contributed by atoms with Crippen LogP contribution in [0.1, 0.15) is 37.8 Å². The van der Waals surface area contributed by atoms with Gasteiger partial charge in [-0.25, -0.2) is 13.1 Å². The quantitative estimate of drug-likeness (QED) is 0.836. The molecule has 1 aromatic carbocycles. The van der Waals surface area contributed by atoms with E-state index in [2.05, 4.69) is 4.72 Å². The van der Waals surface area contributed by atoms with E-state index in [1.165, 1.54) is 18.2 Å². The Bertz CT molecular complexity index is 606. The lowest BCUT2D eigenvalue weighted by atomic mass is 9.96. The van der Waals surface area contributed by atoms with Crippen LogP contribution in [0, 0.1) is 18.3 Å². The maximum Gasteiger partial charge on any atom is 0.241 e. The van der Waals surface area contributed by atoms with E-state index < -0.39 is 15.6 Å². The molecule has 5 nitrogen and oxygen atoms in total. The lowest BCUT2D eigenvalue weighted by Crippen LogP contribution is -2.50. The molecular weight excluding hydrogens is 276 g/mol. The highest BCUT2D eigenvalue weighted by Gasteiger charge is 2.31. The van der Waals surface area contributed by atoms with Gasteiger partial charge in [0.15, 0.2) is 0 Å². The molecule has 0 bridgehead atoms. The number of nitrogens with zero attached hydrogens (tertiary/aromatic N) is 1. The summed E-state index contributed by atoms with van der Waals surface area (Å²) in [7, 11) is -3.72. The zero-order valence-electron chi connectivity index (χ0n) is 12.0. The fourth-order valence-corrected chi connectivity index (χ4v) is 3.54. The number of aliphatic hydroxyl groups is 1. The molecule has 0 atom stereocenters. The summed E-state index contributed by atoms with van der Waals surface area (Å²) in [6, 6.07) is 6.36. The summed E-state index contributed by atoms with van der Waals surface area (Å²) in [6.07, 6.45) is 0.989. The van der Waals surface area contributed by atoms with Crippen molar-refractivity contribution in [3.05, 3.63) is 29.3 Å². The van der Waals surface area contributed by atoms with Crippen LogP contribution in [0.15, 0.2) is 23.1 Å². The second-order valence-corrected chi connectivity index (χ2v) is 6.52. The van der Waals surface area contributed by atoms with Crippen LogP contribution in [0.5, 0.6) is 0 Å². The van der Waals surface area contributed by atoms with E-state index in [1.54, 1.807) is 6.92 Å². The lowest BCUT2D eigenvalue weighted by molar-refractivity contribution is 0.172. The fourth-order valence-electron chi connectivity index (χ4n) is 1.92. The van der Waals surface area contributed by atoms with Crippen LogP contribution in [-0.4, -0.2) is 25.7 Å². The number of rotatable bonds is 6. The first-order valence-corrected chi connectivity index (χ1v) is 7.98. The molecule has 0 aromatic heterocycles. The molecule has 0 amide bonds. The van der Waals surface area contributed by atoms with Crippen molar-refractivity contribution >= 4 is 10.0 Å². The second-order valence-electron chi connectivity index (χ2n) is 4.84. The lowest BCUT2D eigenvalue weighted by Gasteiger charge is -2.30. The van der Waals surface area contributed by atoms with E-state index in [9.17, 15) is 13.5 Å². The average molecular weight is 296 g/mol. The second kappa shape index (κ2) is 6.35. The molecule has 6 heteroatoms. The van der Waals surface area contributed by atoms with Gasteiger partial charge in [0, 0.05) is 0 Å². The molecule has 0 spiro atoms. The third-order valence-electron chi connectivity index (χ3n) is 3.64. The maximum absolute atomic E-state index is 12.4. The van der Waals surface area contributed by atoms with Crippen molar-refractivity contribution in [1.82, 2.24) is 4.72 Å². The van der Waals surface area contributed by atoms with Crippen molar-refractivity contribution in [2.75, 3.05) is 6.61 Å². The number of benzene rings is 1. The zero-order valence-corrected chi connectivity index (χ0v) is 12.8. The average Bonchev–Trinajstić information content (AvgIpc) is 2.44. The Labute approximate surface area is 120 Å². The monoisotopic (exact) mass is 296 g/mol. The van der Waals surface area contributed by atoms with E-state index in [0.717, 1.165) is 0 Å². The number of hydrogen-bond donors (Lipinski definition) is 2. The summed E-state index contributed by atoms with van der Waals surface area (Å²) >= 11 is 0. The molecule has 110 valence electrons. The highest BCUT2D eigenvalue weighted by Crippen LogP contribution is 2.20. The number of hydrogen-bond acceptors (Lipinski definition) is 4. The predicted octanol–water partition coefficient (Wildman–Crippen LogP) is 1.70. The molecule has 0 saturated carbocycles. The van der Waals surface area contributed by atoms with Crippen molar-refractivity contribution in [3.63, 3.8) is 0 Å². The first kappa shape index (κ1) is 16.6. The molecule has 0 radical (unpaired) electrons. The van der Waals surface area contributed by atoms with Gasteiger partial charge in [0.25, 0.3) is 0 Å². The summed E-state index contributed by atoms with van der Waals surface area (Å²) in [6.45, 7) is 5.09. The Kier molecular flexibility index (Phi) is 5.28. The van der Waals surface area contributed by atoms with E-state index in [-0.39, 0.29) is 11.5 Å². The van der Waals surface area contributed by atoms with Gasteiger partial charge < -0.3 is 5.11 Å². The van der Waals surface area contributed by atoms with E-state index in [0.29, 0.717) is 24.0 Å². The third-order valence-corrected chi connectivity index (χ3v) is 5.21. The minimum atomic E-state index is -3.72. The standard InChI is InChI=1S/C14H20N2O3S/c1-4-14(5-2,10-17)16-20(18,19)13-7-6-12(9-15)11(3)8-13/h6-8,16-17H,4-5,10H2,1-3H3. The molecule has 1 rings (SSSR count). The van der Waals surface area contributed by atoms with Crippen molar-refractivity contribution in [3.8, 4) is 6.07 Å². The van der Waals surface area contributed by atoms with Gasteiger partial charge in [-0.1, -0.05) is 13.8 Å². The highest BCUT2D eigenvalue weighted by atomic mass is 32.2. The van der Waals surface area contributed by atoms with Crippen LogP contribution in [-0.2, 0) is 10.0 Å². The Balaban J connectivity index is 3.18. The Morgan fingerprint density at radius 1 is 1.35 bits per heavy atom. The first-order valence-electron chi connectivity index (χ1n) is 6.49. The normalized spacial score (nSPS) is 12.2. The van der Waals surface area contributed by atoms with Crippen LogP contribution in [0.2, 0.25) is 0 Å². The Hall–Kier alpha value is -1.42. The Morgan fingerprint density at radius 2 is 1.95 bits per heavy atom. The topological polar surface area (TPSA) is 90.2 Å². The van der Waals surface area contributed by atoms with E-state index in [4.69, 9.17) is 5.26 Å². The summed E-state index contributed by atoms with van der Waals surface area (Å²) in [5.74, 6) is 0. The van der Waals surface area contributed by atoms with Crippen molar-refractivity contribution < 1.29 is 13.5 Å². The molecule has 0 unspecified atom stereocenters. The molecule has 2 N–H and O–H groups in total. The van der Waals surface area contributed by atoms with Crippen LogP contribution in [0.3, 0.4) is 0 Å². The fraction of sp³-hybridized carbons (Fsp3) is 0.500. The molecule has 0 heterocycles. The van der Waals surface area contributed by atoms with Crippen molar-refractivity contribution in [2.45, 2.75) is 44.0 Å². The van der Waals surface area contributed by atoms with Crippen LogP contribution in [0.25, 0.3) is 0 Å². The number of sulfonamides is 1. The minimum Gasteiger partial charge on any atom is -0.394 e. The smallest absolute Gasteiger partial charge is 0.241 e. The van der Waals surface area contributed by atoms with Crippen LogP contribution in [0.4, 0.5) is 0 Å². The zero-order chi connectivity index (χ0) is 15.4.